The number of anilines is 1. The van der Waals surface area contributed by atoms with Crippen molar-refractivity contribution >= 4 is 11.9 Å². The highest BCUT2D eigenvalue weighted by atomic mass is 19.4. The molecule has 0 N–H and O–H groups in total. The Bertz CT molecular complexity index is 469. The molecule has 1 aromatic heterocycles. The first-order chi connectivity index (χ1) is 8.88. The van der Waals surface area contributed by atoms with Crippen molar-refractivity contribution in [3.63, 3.8) is 0 Å². The first kappa shape index (κ1) is 13.6. The van der Waals surface area contributed by atoms with Crippen LogP contribution in [0, 0.1) is 0 Å². The Morgan fingerprint density at radius 3 is 2.42 bits per heavy atom. The van der Waals surface area contributed by atoms with E-state index in [4.69, 9.17) is 0 Å². The average Bonchev–Trinajstić information content (AvgIpc) is 2.38. The molecule has 8 heteroatoms. The lowest BCUT2D eigenvalue weighted by molar-refractivity contribution is -0.141. The predicted octanol–water partition coefficient (Wildman–Crippen LogP) is 1.16. The summed E-state index contributed by atoms with van der Waals surface area (Å²) in [7, 11) is 0. The summed E-state index contributed by atoms with van der Waals surface area (Å²) in [6.45, 7) is 3.27. The van der Waals surface area contributed by atoms with E-state index < -0.39 is 11.9 Å². The molecule has 5 nitrogen and oxygen atoms in total. The summed E-state index contributed by atoms with van der Waals surface area (Å²) < 4.78 is 37.6. The molecule has 0 aliphatic carbocycles. The zero-order chi connectivity index (χ0) is 14.0. The number of carbonyl (C=O) groups is 1. The third kappa shape index (κ3) is 3.12. The molecule has 1 aromatic rings. The van der Waals surface area contributed by atoms with Crippen LogP contribution in [-0.4, -0.2) is 47.0 Å². The molecule has 104 valence electrons. The van der Waals surface area contributed by atoms with E-state index in [-0.39, 0.29) is 11.9 Å². The van der Waals surface area contributed by atoms with Gasteiger partial charge in [0.05, 0.1) is 0 Å². The van der Waals surface area contributed by atoms with Crippen molar-refractivity contribution in [2.45, 2.75) is 13.1 Å². The maximum Gasteiger partial charge on any atom is 0.433 e. The van der Waals surface area contributed by atoms with Gasteiger partial charge in [0.15, 0.2) is 0 Å². The fraction of sp³-hybridized carbons (Fsp3) is 0.545. The molecule has 0 bridgehead atoms. The van der Waals surface area contributed by atoms with Gasteiger partial charge < -0.3 is 9.80 Å². The van der Waals surface area contributed by atoms with Crippen LogP contribution in [0.15, 0.2) is 12.3 Å². The topological polar surface area (TPSA) is 49.3 Å². The van der Waals surface area contributed by atoms with E-state index in [0.29, 0.717) is 26.2 Å². The molecule has 0 atom stereocenters. The number of hydrogen-bond acceptors (Lipinski definition) is 4. The monoisotopic (exact) mass is 274 g/mol. The zero-order valence-corrected chi connectivity index (χ0v) is 10.3. The summed E-state index contributed by atoms with van der Waals surface area (Å²) in [6.07, 6.45) is -3.37. The number of nitrogens with zero attached hydrogens (tertiary/aromatic N) is 4. The van der Waals surface area contributed by atoms with Gasteiger partial charge in [0, 0.05) is 39.3 Å². The summed E-state index contributed by atoms with van der Waals surface area (Å²) in [6, 6.07) is 0.843. The normalized spacial score (nSPS) is 16.6. The van der Waals surface area contributed by atoms with Gasteiger partial charge in [-0.3, -0.25) is 4.79 Å². The van der Waals surface area contributed by atoms with Crippen LogP contribution in [0.5, 0.6) is 0 Å². The fourth-order valence-corrected chi connectivity index (χ4v) is 1.88. The quantitative estimate of drug-likeness (QED) is 0.771. The van der Waals surface area contributed by atoms with E-state index in [1.165, 1.54) is 6.92 Å². The molecular weight excluding hydrogens is 261 g/mol. The minimum absolute atomic E-state index is 0.0374. The number of aromatic nitrogens is 2. The van der Waals surface area contributed by atoms with Crippen LogP contribution >= 0.6 is 0 Å². The Labute approximate surface area is 108 Å². The Morgan fingerprint density at radius 1 is 1.26 bits per heavy atom. The van der Waals surface area contributed by atoms with Crippen LogP contribution in [-0.2, 0) is 11.0 Å². The SMILES string of the molecule is CC(=O)N1CCN(c2nccc(C(F)(F)F)n2)CC1. The second-order valence-electron chi connectivity index (χ2n) is 4.23. The number of rotatable bonds is 1. The Morgan fingerprint density at radius 2 is 1.89 bits per heavy atom. The summed E-state index contributed by atoms with van der Waals surface area (Å²) in [5.41, 5.74) is -0.952. The number of halogens is 3. The Kier molecular flexibility index (Phi) is 3.59. The molecule has 1 fully saturated rings. The number of carbonyl (C=O) groups excluding carboxylic acids is 1. The molecule has 0 radical (unpaired) electrons. The summed E-state index contributed by atoms with van der Waals surface area (Å²) in [5.74, 6) is 0.0163. The van der Waals surface area contributed by atoms with Crippen molar-refractivity contribution in [2.75, 3.05) is 31.1 Å². The van der Waals surface area contributed by atoms with Crippen molar-refractivity contribution in [3.8, 4) is 0 Å². The molecule has 1 aliphatic heterocycles. The highest BCUT2D eigenvalue weighted by Gasteiger charge is 2.33. The molecule has 0 unspecified atom stereocenters. The summed E-state index contributed by atoms with van der Waals surface area (Å²) in [5, 5.41) is 0. The lowest BCUT2D eigenvalue weighted by Crippen LogP contribution is -2.48. The second kappa shape index (κ2) is 5.02. The van der Waals surface area contributed by atoms with Gasteiger partial charge in [0.25, 0.3) is 0 Å². The smallest absolute Gasteiger partial charge is 0.339 e. The molecule has 2 rings (SSSR count). The highest BCUT2D eigenvalue weighted by Crippen LogP contribution is 2.28. The molecule has 1 aliphatic rings. The number of piperazine rings is 1. The Balaban J connectivity index is 2.10. The summed E-state index contributed by atoms with van der Waals surface area (Å²) >= 11 is 0. The van der Waals surface area contributed by atoms with Gasteiger partial charge in [-0.2, -0.15) is 13.2 Å². The number of hydrogen-bond donors (Lipinski definition) is 0. The molecular formula is C11H13F3N4O. The van der Waals surface area contributed by atoms with Crippen molar-refractivity contribution < 1.29 is 18.0 Å². The van der Waals surface area contributed by atoms with Gasteiger partial charge in [-0.1, -0.05) is 0 Å². The highest BCUT2D eigenvalue weighted by molar-refractivity contribution is 5.73. The van der Waals surface area contributed by atoms with E-state index >= 15 is 0 Å². The van der Waals surface area contributed by atoms with Crippen molar-refractivity contribution in [1.82, 2.24) is 14.9 Å². The van der Waals surface area contributed by atoms with Gasteiger partial charge in [-0.25, -0.2) is 9.97 Å². The molecule has 1 saturated heterocycles. The largest absolute Gasteiger partial charge is 0.433 e. The molecule has 0 saturated carbocycles. The number of alkyl halides is 3. The van der Waals surface area contributed by atoms with Crippen LogP contribution in [0.3, 0.4) is 0 Å². The van der Waals surface area contributed by atoms with Crippen LogP contribution in [0.2, 0.25) is 0 Å². The molecule has 0 spiro atoms. The maximum absolute atomic E-state index is 12.5. The first-order valence-corrected chi connectivity index (χ1v) is 5.78. The minimum atomic E-state index is -4.47. The predicted molar refractivity (Wildman–Crippen MR) is 61.5 cm³/mol. The third-order valence-corrected chi connectivity index (χ3v) is 2.94. The van der Waals surface area contributed by atoms with Gasteiger partial charge in [0.2, 0.25) is 11.9 Å². The van der Waals surface area contributed by atoms with Crippen molar-refractivity contribution in [2.24, 2.45) is 0 Å². The first-order valence-electron chi connectivity index (χ1n) is 5.78. The maximum atomic E-state index is 12.5. The third-order valence-electron chi connectivity index (χ3n) is 2.94. The summed E-state index contributed by atoms with van der Waals surface area (Å²) in [4.78, 5) is 21.8. The molecule has 2 heterocycles. The van der Waals surface area contributed by atoms with Gasteiger partial charge in [-0.05, 0) is 6.07 Å². The standard InChI is InChI=1S/C11H13F3N4O/c1-8(19)17-4-6-18(7-5-17)10-15-3-2-9(16-10)11(12,13)14/h2-3H,4-7H2,1H3. The molecule has 19 heavy (non-hydrogen) atoms. The Hall–Kier alpha value is -1.86. The molecule has 0 aromatic carbocycles. The minimum Gasteiger partial charge on any atom is -0.339 e. The average molecular weight is 274 g/mol. The van der Waals surface area contributed by atoms with E-state index in [2.05, 4.69) is 9.97 Å². The lowest BCUT2D eigenvalue weighted by Gasteiger charge is -2.34. The number of amides is 1. The van der Waals surface area contributed by atoms with Crippen LogP contribution in [0.25, 0.3) is 0 Å². The second-order valence-corrected chi connectivity index (χ2v) is 4.23. The van der Waals surface area contributed by atoms with E-state index in [1.807, 2.05) is 0 Å². The fourth-order valence-electron chi connectivity index (χ4n) is 1.88. The van der Waals surface area contributed by atoms with Crippen LogP contribution in [0.1, 0.15) is 12.6 Å². The lowest BCUT2D eigenvalue weighted by atomic mass is 10.3. The van der Waals surface area contributed by atoms with E-state index in [9.17, 15) is 18.0 Å². The van der Waals surface area contributed by atoms with Crippen molar-refractivity contribution in [1.29, 1.82) is 0 Å². The van der Waals surface area contributed by atoms with Gasteiger partial charge in [0.1, 0.15) is 5.69 Å². The van der Waals surface area contributed by atoms with Gasteiger partial charge in [-0.15, -0.1) is 0 Å². The van der Waals surface area contributed by atoms with Crippen LogP contribution in [0.4, 0.5) is 19.1 Å². The van der Waals surface area contributed by atoms with Crippen molar-refractivity contribution in [3.05, 3.63) is 18.0 Å². The van der Waals surface area contributed by atoms with Gasteiger partial charge >= 0.3 is 6.18 Å². The molecule has 1 amide bonds. The van der Waals surface area contributed by atoms with Crippen LogP contribution < -0.4 is 4.90 Å². The zero-order valence-electron chi connectivity index (χ0n) is 10.3. The van der Waals surface area contributed by atoms with E-state index in [0.717, 1.165) is 12.3 Å². The van der Waals surface area contributed by atoms with E-state index in [1.54, 1.807) is 9.80 Å².